The van der Waals surface area contributed by atoms with Gasteiger partial charge < -0.3 is 5.73 Å². The number of benzene rings is 1. The van der Waals surface area contributed by atoms with Crippen LogP contribution in [0.3, 0.4) is 0 Å². The van der Waals surface area contributed by atoms with E-state index in [1.807, 2.05) is 11.8 Å². The van der Waals surface area contributed by atoms with Gasteiger partial charge in [-0.25, -0.2) is 5.43 Å². The van der Waals surface area contributed by atoms with Crippen molar-refractivity contribution < 1.29 is 0 Å². The van der Waals surface area contributed by atoms with Gasteiger partial charge in [-0.05, 0) is 23.6 Å². The second kappa shape index (κ2) is 9.42. The lowest BCUT2D eigenvalue weighted by atomic mass is 10.1. The fourth-order valence-electron chi connectivity index (χ4n) is 1.73. The Kier molecular flexibility index (Phi) is 7.80. The van der Waals surface area contributed by atoms with E-state index in [-0.39, 0.29) is 5.96 Å². The highest BCUT2D eigenvalue weighted by Crippen LogP contribution is 2.23. The summed E-state index contributed by atoms with van der Waals surface area (Å²) in [5.74, 6) is 1.86. The minimum Gasteiger partial charge on any atom is -0.369 e. The molecule has 0 amide bonds. The van der Waals surface area contributed by atoms with Crippen molar-refractivity contribution in [1.82, 2.24) is 5.43 Å². The summed E-state index contributed by atoms with van der Waals surface area (Å²) in [7, 11) is 0. The number of rotatable bonds is 8. The van der Waals surface area contributed by atoms with Crippen LogP contribution in [0.2, 0.25) is 0 Å². The maximum atomic E-state index is 6.97. The van der Waals surface area contributed by atoms with E-state index < -0.39 is 0 Å². The van der Waals surface area contributed by atoms with Crippen molar-refractivity contribution in [2.24, 2.45) is 16.8 Å². The molecule has 0 aliphatic heterocycles. The van der Waals surface area contributed by atoms with Gasteiger partial charge in [-0.15, -0.1) is 11.8 Å². The zero-order valence-corrected chi connectivity index (χ0v) is 13.0. The molecule has 1 aromatic carbocycles. The van der Waals surface area contributed by atoms with E-state index in [1.54, 1.807) is 6.21 Å². The average Bonchev–Trinajstić information content (AvgIpc) is 2.46. The van der Waals surface area contributed by atoms with Gasteiger partial charge in [-0.1, -0.05) is 38.8 Å². The van der Waals surface area contributed by atoms with E-state index in [9.17, 15) is 0 Å². The molecule has 4 nitrogen and oxygen atoms in total. The van der Waals surface area contributed by atoms with E-state index in [1.165, 1.54) is 29.1 Å². The Morgan fingerprint density at radius 2 is 2.00 bits per heavy atom. The Bertz CT molecular complexity index is 424. The second-order valence-electron chi connectivity index (χ2n) is 4.68. The first-order chi connectivity index (χ1) is 9.65. The van der Waals surface area contributed by atoms with Crippen LogP contribution in [-0.2, 0) is 6.42 Å². The van der Waals surface area contributed by atoms with Crippen LogP contribution in [0.15, 0.2) is 34.3 Å². The maximum absolute atomic E-state index is 6.97. The molecule has 0 heterocycles. The number of hydrogen-bond acceptors (Lipinski definition) is 3. The van der Waals surface area contributed by atoms with Gasteiger partial charge in [-0.3, -0.25) is 5.41 Å². The molecule has 0 aliphatic rings. The van der Waals surface area contributed by atoms with Gasteiger partial charge in [0.25, 0.3) is 0 Å². The zero-order chi connectivity index (χ0) is 14.8. The Balaban J connectivity index is 2.40. The topological polar surface area (TPSA) is 74.3 Å². The lowest BCUT2D eigenvalue weighted by Crippen LogP contribution is -2.25. The van der Waals surface area contributed by atoms with Crippen molar-refractivity contribution in [2.75, 3.05) is 5.75 Å². The Morgan fingerprint density at radius 1 is 1.35 bits per heavy atom. The minimum atomic E-state index is -0.144. The molecule has 0 bridgehead atoms. The smallest absolute Gasteiger partial charge is 0.206 e. The number of nitrogens with two attached hydrogens (primary N) is 1. The van der Waals surface area contributed by atoms with Crippen molar-refractivity contribution in [1.29, 1.82) is 5.41 Å². The van der Waals surface area contributed by atoms with Crippen LogP contribution >= 0.6 is 11.8 Å². The average molecular weight is 292 g/mol. The molecule has 0 unspecified atom stereocenters. The highest BCUT2D eigenvalue weighted by molar-refractivity contribution is 7.99. The minimum absolute atomic E-state index is 0.144. The van der Waals surface area contributed by atoms with E-state index >= 15 is 0 Å². The summed E-state index contributed by atoms with van der Waals surface area (Å²) in [6.07, 6.45) is 4.95. The molecule has 0 radical (unpaired) electrons. The fraction of sp³-hybridized carbons (Fsp3) is 0.467. The molecule has 0 aliphatic carbocycles. The first kappa shape index (κ1) is 16.6. The summed E-state index contributed by atoms with van der Waals surface area (Å²) >= 11 is 1.93. The van der Waals surface area contributed by atoms with Gasteiger partial charge in [0.15, 0.2) is 0 Å². The van der Waals surface area contributed by atoms with Gasteiger partial charge in [0.05, 0.1) is 0 Å². The van der Waals surface area contributed by atoms with E-state index in [4.69, 9.17) is 11.1 Å². The summed E-state index contributed by atoms with van der Waals surface area (Å²) in [5.41, 5.74) is 8.73. The quantitative estimate of drug-likeness (QED) is 0.298. The third-order valence-electron chi connectivity index (χ3n) is 3.17. The number of hydrogen-bond donors (Lipinski definition) is 3. The number of hydrazone groups is 1. The summed E-state index contributed by atoms with van der Waals surface area (Å²) in [5, 5.41) is 10.8. The molecule has 0 fully saturated rings. The van der Waals surface area contributed by atoms with Crippen molar-refractivity contribution in [3.05, 3.63) is 29.8 Å². The molecular weight excluding hydrogens is 268 g/mol. The normalized spacial score (nSPS) is 11.2. The number of nitrogens with one attached hydrogen (secondary N) is 2. The number of thioether (sulfide) groups is 1. The van der Waals surface area contributed by atoms with Crippen LogP contribution in [0.1, 0.15) is 32.3 Å². The van der Waals surface area contributed by atoms with E-state index in [0.717, 1.165) is 12.3 Å². The zero-order valence-electron chi connectivity index (χ0n) is 12.2. The molecule has 0 spiro atoms. The third kappa shape index (κ3) is 6.61. The number of nitrogens with zero attached hydrogens (tertiary/aromatic N) is 1. The molecule has 0 saturated heterocycles. The molecular formula is C15H24N4S. The van der Waals surface area contributed by atoms with Gasteiger partial charge in [-0.2, -0.15) is 5.10 Å². The molecule has 0 aromatic heterocycles. The van der Waals surface area contributed by atoms with E-state index in [2.05, 4.69) is 48.6 Å². The lowest BCUT2D eigenvalue weighted by molar-refractivity contribution is 0.554. The Morgan fingerprint density at radius 3 is 2.55 bits per heavy atom. The molecule has 5 heteroatoms. The van der Waals surface area contributed by atoms with Crippen LogP contribution in [0.5, 0.6) is 0 Å². The first-order valence-corrected chi connectivity index (χ1v) is 7.97. The highest BCUT2D eigenvalue weighted by atomic mass is 32.2. The fourth-order valence-corrected chi connectivity index (χ4v) is 2.95. The predicted molar refractivity (Wildman–Crippen MR) is 88.5 cm³/mol. The Hall–Kier alpha value is -1.49. The number of guanidine groups is 1. The van der Waals surface area contributed by atoms with Crippen molar-refractivity contribution in [3.8, 4) is 0 Å². The van der Waals surface area contributed by atoms with Crippen LogP contribution < -0.4 is 11.2 Å². The monoisotopic (exact) mass is 292 g/mol. The van der Waals surface area contributed by atoms with Crippen LogP contribution in [-0.4, -0.2) is 17.9 Å². The van der Waals surface area contributed by atoms with E-state index in [0.29, 0.717) is 0 Å². The molecule has 110 valence electrons. The van der Waals surface area contributed by atoms with Gasteiger partial charge >= 0.3 is 0 Å². The second-order valence-corrected chi connectivity index (χ2v) is 5.77. The van der Waals surface area contributed by atoms with Crippen molar-refractivity contribution in [2.45, 2.75) is 38.0 Å². The van der Waals surface area contributed by atoms with Gasteiger partial charge in [0.1, 0.15) is 0 Å². The van der Waals surface area contributed by atoms with Crippen molar-refractivity contribution in [3.63, 3.8) is 0 Å². The molecule has 1 aromatic rings. The first-order valence-electron chi connectivity index (χ1n) is 6.99. The molecule has 20 heavy (non-hydrogen) atoms. The van der Waals surface area contributed by atoms with Crippen LogP contribution in [0, 0.1) is 11.3 Å². The van der Waals surface area contributed by atoms with Gasteiger partial charge in [0, 0.05) is 23.3 Å². The summed E-state index contributed by atoms with van der Waals surface area (Å²) in [4.78, 5) is 1.32. The lowest BCUT2D eigenvalue weighted by Gasteiger charge is -2.11. The largest absolute Gasteiger partial charge is 0.369 e. The summed E-state index contributed by atoms with van der Waals surface area (Å²) in [6.45, 7) is 4.51. The molecule has 1 rings (SSSR count). The SMILES string of the molecule is CCC(CC)CSc1ccc(CC=NNC(=N)N)cc1. The molecule has 4 N–H and O–H groups in total. The van der Waals surface area contributed by atoms with Crippen LogP contribution in [0.4, 0.5) is 0 Å². The maximum Gasteiger partial charge on any atom is 0.206 e. The third-order valence-corrected chi connectivity index (χ3v) is 4.41. The standard InChI is InChI=1S/C15H24N4S/c1-3-12(4-2)11-20-14-7-5-13(6-8-14)9-10-18-19-15(16)17/h5-8,10,12H,3-4,9,11H2,1-2H3,(H4,16,17,19). The summed E-state index contributed by atoms with van der Waals surface area (Å²) in [6, 6.07) is 8.56. The van der Waals surface area contributed by atoms with Crippen molar-refractivity contribution >= 4 is 23.9 Å². The Labute approximate surface area is 125 Å². The highest BCUT2D eigenvalue weighted by Gasteiger charge is 2.04. The molecule has 0 saturated carbocycles. The predicted octanol–water partition coefficient (Wildman–Crippen LogP) is 3.23. The van der Waals surface area contributed by atoms with Crippen LogP contribution in [0.25, 0.3) is 0 Å². The summed E-state index contributed by atoms with van der Waals surface area (Å²) < 4.78 is 0. The molecule has 0 atom stereocenters. The van der Waals surface area contributed by atoms with Gasteiger partial charge in [0.2, 0.25) is 5.96 Å².